The van der Waals surface area contributed by atoms with E-state index in [-0.39, 0.29) is 53.3 Å². The quantitative estimate of drug-likeness (QED) is 0.395. The summed E-state index contributed by atoms with van der Waals surface area (Å²) >= 11 is 0. The number of rotatable bonds is 8. The van der Waals surface area contributed by atoms with Gasteiger partial charge in [-0.05, 0) is 92.9 Å². The van der Waals surface area contributed by atoms with Gasteiger partial charge in [0.05, 0.1) is 17.1 Å². The summed E-state index contributed by atoms with van der Waals surface area (Å²) in [6, 6.07) is 5.91. The summed E-state index contributed by atoms with van der Waals surface area (Å²) < 4.78 is 66.3. The number of sulfone groups is 1. The second-order valence-corrected chi connectivity index (χ2v) is 18.5. The number of carbonyl (C=O) groups excluding carboxylic acids is 1. The summed E-state index contributed by atoms with van der Waals surface area (Å²) in [6.07, 6.45) is 6.57. The molecule has 282 valence electrons. The topological polar surface area (TPSA) is 151 Å². The van der Waals surface area contributed by atoms with Gasteiger partial charge in [-0.2, -0.15) is 8.78 Å². The van der Waals surface area contributed by atoms with Gasteiger partial charge in [0.25, 0.3) is 11.8 Å². The molecule has 2 N–H and O–H groups in total. The van der Waals surface area contributed by atoms with Crippen LogP contribution in [0.15, 0.2) is 24.4 Å². The van der Waals surface area contributed by atoms with Crippen molar-refractivity contribution in [3.63, 3.8) is 0 Å². The predicted molar refractivity (Wildman–Crippen MR) is 187 cm³/mol. The Morgan fingerprint density at radius 1 is 1.12 bits per heavy atom. The van der Waals surface area contributed by atoms with Crippen LogP contribution in [0.1, 0.15) is 86.8 Å². The third kappa shape index (κ3) is 6.33. The highest BCUT2D eigenvalue weighted by Gasteiger charge is 2.56. The van der Waals surface area contributed by atoms with Gasteiger partial charge in [-0.1, -0.05) is 6.92 Å². The molecule has 0 radical (unpaired) electrons. The van der Waals surface area contributed by atoms with Crippen LogP contribution in [0.3, 0.4) is 0 Å². The molecule has 4 unspecified atom stereocenters. The summed E-state index contributed by atoms with van der Waals surface area (Å²) in [4.78, 5) is 39.3. The van der Waals surface area contributed by atoms with E-state index >= 15 is 8.78 Å². The molecule has 12 nitrogen and oxygen atoms in total. The van der Waals surface area contributed by atoms with Crippen LogP contribution >= 0.6 is 0 Å². The average molecular weight is 744 g/mol. The molecule has 4 aliphatic heterocycles. The molecule has 2 aliphatic carbocycles. The lowest BCUT2D eigenvalue weighted by molar-refractivity contribution is -0.146. The van der Waals surface area contributed by atoms with Crippen molar-refractivity contribution in [2.24, 2.45) is 17.8 Å². The molecule has 1 amide bonds. The zero-order valence-corrected chi connectivity index (χ0v) is 30.5. The first kappa shape index (κ1) is 35.6. The second kappa shape index (κ2) is 12.9. The highest BCUT2D eigenvalue weighted by Crippen LogP contribution is 2.52. The minimum Gasteiger partial charge on any atom is -0.490 e. The molecule has 1 aromatic heterocycles. The number of benzene rings is 1. The number of carbonyl (C=O) groups is 2. The molecule has 3 saturated heterocycles. The molecular formula is C37H47F2N5O7S. The number of halogens is 2. The maximum Gasteiger partial charge on any atom is 0.329 e. The smallest absolute Gasteiger partial charge is 0.329 e. The van der Waals surface area contributed by atoms with Gasteiger partial charge >= 0.3 is 5.97 Å². The molecule has 1 aromatic carbocycles. The number of carboxylic acids is 1. The molecule has 5 fully saturated rings. The molecule has 2 bridgehead atoms. The van der Waals surface area contributed by atoms with Gasteiger partial charge in [-0.25, -0.2) is 23.2 Å². The highest BCUT2D eigenvalue weighted by molar-refractivity contribution is 7.92. The zero-order chi connectivity index (χ0) is 36.6. The van der Waals surface area contributed by atoms with Crippen molar-refractivity contribution in [3.05, 3.63) is 41.2 Å². The molecule has 4 atom stereocenters. The summed E-state index contributed by atoms with van der Waals surface area (Å²) in [5, 5.41) is 13.1. The number of nitrogens with zero attached hydrogens (tertiary/aromatic N) is 4. The fraction of sp³-hybridized carbons (Fsp3) is 0.676. The van der Waals surface area contributed by atoms with E-state index in [9.17, 15) is 23.1 Å². The van der Waals surface area contributed by atoms with Crippen molar-refractivity contribution in [2.75, 3.05) is 49.3 Å². The number of nitrogens with one attached hydrogen (secondary N) is 1. The number of anilines is 2. The van der Waals surface area contributed by atoms with Gasteiger partial charge in [0.2, 0.25) is 5.95 Å². The van der Waals surface area contributed by atoms with Gasteiger partial charge in [0.1, 0.15) is 23.1 Å². The normalized spacial score (nSPS) is 30.2. The lowest BCUT2D eigenvalue weighted by Crippen LogP contribution is -2.57. The van der Waals surface area contributed by atoms with Crippen molar-refractivity contribution in [1.82, 2.24) is 20.2 Å². The van der Waals surface area contributed by atoms with E-state index in [1.807, 2.05) is 23.1 Å². The van der Waals surface area contributed by atoms with Gasteiger partial charge in [0.15, 0.2) is 9.84 Å². The van der Waals surface area contributed by atoms with Crippen molar-refractivity contribution in [2.45, 2.75) is 94.2 Å². The van der Waals surface area contributed by atoms with Crippen LogP contribution in [0.2, 0.25) is 0 Å². The molecule has 52 heavy (non-hydrogen) atoms. The lowest BCUT2D eigenvalue weighted by atomic mass is 9.76. The third-order valence-electron chi connectivity index (χ3n) is 12.7. The van der Waals surface area contributed by atoms with E-state index in [0.717, 1.165) is 49.8 Å². The Labute approximate surface area is 302 Å². The molecule has 2 aromatic rings. The SMILES string of the molecule is CC1CC2CC(C1)C(NC(=O)c1cnc(N3CC4(CCOCC4)c4cc(OC5CCN(C6CS(=O)(=O)C6)CC5)ccc43)nc1C(C)(F)F)(C(=O)O)C2. The number of aromatic nitrogens is 2. The number of alkyl halides is 2. The maximum absolute atomic E-state index is 15.4. The van der Waals surface area contributed by atoms with Crippen molar-refractivity contribution >= 4 is 33.3 Å². The van der Waals surface area contributed by atoms with Gasteiger partial charge in [0, 0.05) is 63.1 Å². The van der Waals surface area contributed by atoms with Crippen LogP contribution in [0.4, 0.5) is 20.4 Å². The Kier molecular flexibility index (Phi) is 8.80. The van der Waals surface area contributed by atoms with E-state index < -0.39 is 44.4 Å². The van der Waals surface area contributed by atoms with Crippen LogP contribution in [0.25, 0.3) is 0 Å². The molecule has 1 spiro atoms. The van der Waals surface area contributed by atoms with E-state index in [1.165, 1.54) is 0 Å². The highest BCUT2D eigenvalue weighted by atomic mass is 32.2. The Bertz CT molecular complexity index is 1850. The zero-order valence-electron chi connectivity index (χ0n) is 29.7. The first-order chi connectivity index (χ1) is 24.6. The minimum absolute atomic E-state index is 0.0158. The Morgan fingerprint density at radius 3 is 2.52 bits per heavy atom. The maximum atomic E-state index is 15.4. The van der Waals surface area contributed by atoms with Gasteiger partial charge < -0.3 is 24.8 Å². The fourth-order valence-corrected chi connectivity index (χ4v) is 11.6. The second-order valence-electron chi connectivity index (χ2n) is 16.4. The molecule has 15 heteroatoms. The predicted octanol–water partition coefficient (Wildman–Crippen LogP) is 4.44. The average Bonchev–Trinajstić information content (AvgIpc) is 3.53. The molecule has 5 heterocycles. The van der Waals surface area contributed by atoms with Crippen molar-refractivity contribution in [3.8, 4) is 5.75 Å². The van der Waals surface area contributed by atoms with E-state index in [1.54, 1.807) is 0 Å². The monoisotopic (exact) mass is 743 g/mol. The minimum atomic E-state index is -3.51. The van der Waals surface area contributed by atoms with Crippen LogP contribution in [0, 0.1) is 17.8 Å². The number of ether oxygens (including phenoxy) is 2. The fourth-order valence-electron chi connectivity index (χ4n) is 10.1. The molecule has 6 aliphatic rings. The van der Waals surface area contributed by atoms with Gasteiger partial charge in [-0.15, -0.1) is 0 Å². The number of hydrogen-bond acceptors (Lipinski definition) is 10. The summed E-state index contributed by atoms with van der Waals surface area (Å²) in [6.45, 7) is 5.83. The molecular weight excluding hydrogens is 696 g/mol. The molecule has 2 saturated carbocycles. The van der Waals surface area contributed by atoms with Crippen LogP contribution in [-0.4, -0.2) is 102 Å². The van der Waals surface area contributed by atoms with E-state index in [4.69, 9.17) is 9.47 Å². The van der Waals surface area contributed by atoms with Gasteiger partial charge in [-0.3, -0.25) is 9.69 Å². The Balaban J connectivity index is 1.05. The number of aliphatic carboxylic acids is 1. The number of fused-ring (bicyclic) bond motifs is 4. The summed E-state index contributed by atoms with van der Waals surface area (Å²) in [7, 11) is -2.89. The van der Waals surface area contributed by atoms with E-state index in [2.05, 4.69) is 27.1 Å². The molecule has 8 rings (SSSR count). The summed E-state index contributed by atoms with van der Waals surface area (Å²) in [5.41, 5.74) is -1.28. The number of likely N-dealkylation sites (tertiary alicyclic amines) is 1. The number of amides is 1. The van der Waals surface area contributed by atoms with Crippen LogP contribution in [0.5, 0.6) is 5.75 Å². The van der Waals surface area contributed by atoms with Crippen molar-refractivity contribution < 1.29 is 41.4 Å². The third-order valence-corrected chi connectivity index (χ3v) is 14.5. The number of carboxylic acid groups (broad SMARTS) is 1. The van der Waals surface area contributed by atoms with Crippen molar-refractivity contribution in [1.29, 1.82) is 0 Å². The largest absolute Gasteiger partial charge is 0.490 e. The van der Waals surface area contributed by atoms with Crippen LogP contribution in [-0.2, 0) is 30.7 Å². The Morgan fingerprint density at radius 2 is 1.85 bits per heavy atom. The standard InChI is InChI=1S/C37H47F2N5O7S/c1-22-13-23-15-24(14-22)37(17-23,33(46)47)42-32(45)28-18-40-34(41-31(28)35(2,38)39)44-21-36(7-11-50-12-8-36)29-16-27(3-4-30(29)44)51-26-5-9-43(10-6-26)25-19-52(48,49)20-25/h3-4,16,18,22-26H,5-15,17,19-21H2,1-2H3,(H,42,45)(H,46,47). The van der Waals surface area contributed by atoms with Crippen LogP contribution < -0.4 is 15.0 Å². The lowest BCUT2D eigenvalue weighted by Gasteiger charge is -2.41. The van der Waals surface area contributed by atoms with E-state index in [0.29, 0.717) is 64.0 Å². The number of piperidine rings is 1. The Hall–Kier alpha value is -3.43. The first-order valence-electron chi connectivity index (χ1n) is 18.6. The summed E-state index contributed by atoms with van der Waals surface area (Å²) in [5.74, 6) is -4.15. The first-order valence-corrected chi connectivity index (χ1v) is 20.4. The number of hydrogen-bond donors (Lipinski definition) is 2.